The molecule has 0 atom stereocenters. The van der Waals surface area contributed by atoms with E-state index in [9.17, 15) is 4.79 Å². The first-order valence-electron chi connectivity index (χ1n) is 5.81. The number of nitrogens with zero attached hydrogens (tertiary/aromatic N) is 3. The first kappa shape index (κ1) is 12.0. The van der Waals surface area contributed by atoms with E-state index in [0.29, 0.717) is 16.7 Å². The van der Waals surface area contributed by atoms with Gasteiger partial charge in [-0.05, 0) is 23.6 Å². The van der Waals surface area contributed by atoms with Crippen molar-refractivity contribution in [3.8, 4) is 0 Å². The van der Waals surface area contributed by atoms with Gasteiger partial charge in [-0.1, -0.05) is 19.0 Å². The zero-order chi connectivity index (χ0) is 13.6. The van der Waals surface area contributed by atoms with Crippen molar-refractivity contribution in [1.29, 1.82) is 0 Å². The minimum Gasteiger partial charge on any atom is -0.355 e. The zero-order valence-electron chi connectivity index (χ0n) is 10.3. The summed E-state index contributed by atoms with van der Waals surface area (Å²) in [5.74, 6) is 0.153. The van der Waals surface area contributed by atoms with Crippen LogP contribution in [0.4, 0.5) is 0 Å². The molecule has 6 heteroatoms. The van der Waals surface area contributed by atoms with E-state index in [-0.39, 0.29) is 11.2 Å². The summed E-state index contributed by atoms with van der Waals surface area (Å²) in [6.07, 6.45) is 2.33. The first-order valence-corrected chi connectivity index (χ1v) is 6.19. The molecule has 0 unspecified atom stereocenters. The Morgan fingerprint density at radius 1 is 1.42 bits per heavy atom. The molecule has 19 heavy (non-hydrogen) atoms. The van der Waals surface area contributed by atoms with Crippen LogP contribution >= 0.6 is 11.6 Å². The maximum atomic E-state index is 11.2. The number of halogens is 1. The number of hydrogen-bond acceptors (Lipinski definition) is 5. The number of rotatable bonds is 2. The maximum absolute atomic E-state index is 11.2. The number of fused-ring (bicyclic) bond motifs is 3. The van der Waals surface area contributed by atoms with Crippen LogP contribution in [-0.2, 0) is 0 Å². The Balaban J connectivity index is 2.56. The van der Waals surface area contributed by atoms with Crippen molar-refractivity contribution in [3.63, 3.8) is 0 Å². The molecule has 0 aliphatic carbocycles. The molecular formula is C13H10ClN3O2. The Hall–Kier alpha value is -2.01. The van der Waals surface area contributed by atoms with Crippen molar-refractivity contribution < 1.29 is 9.32 Å². The molecule has 2 heterocycles. The topological polar surface area (TPSA) is 68.9 Å². The molecule has 0 aliphatic rings. The van der Waals surface area contributed by atoms with E-state index in [1.54, 1.807) is 12.3 Å². The van der Waals surface area contributed by atoms with Gasteiger partial charge in [0.25, 0.3) is 0 Å². The summed E-state index contributed by atoms with van der Waals surface area (Å²) in [6, 6.07) is 1.68. The first-order chi connectivity index (χ1) is 9.11. The summed E-state index contributed by atoms with van der Waals surface area (Å²) >= 11 is 5.85. The third kappa shape index (κ3) is 1.77. The highest BCUT2D eigenvalue weighted by Crippen LogP contribution is 2.32. The van der Waals surface area contributed by atoms with E-state index < -0.39 is 0 Å². The molecule has 0 bridgehead atoms. The number of aldehydes is 1. The van der Waals surface area contributed by atoms with Gasteiger partial charge in [0.2, 0.25) is 5.28 Å². The predicted molar refractivity (Wildman–Crippen MR) is 71.6 cm³/mol. The molecule has 0 N–H and O–H groups in total. The number of carbonyl (C=O) groups is 1. The molecule has 1 aromatic carbocycles. The molecule has 0 radical (unpaired) electrons. The predicted octanol–water partition coefficient (Wildman–Crippen LogP) is 3.36. The Bertz CT molecular complexity index is 795. The minimum absolute atomic E-state index is 0.153. The fourth-order valence-corrected chi connectivity index (χ4v) is 2.25. The van der Waals surface area contributed by atoms with E-state index in [4.69, 9.17) is 16.1 Å². The summed E-state index contributed by atoms with van der Waals surface area (Å²) in [6.45, 7) is 4.00. The quantitative estimate of drug-likeness (QED) is 0.530. The lowest BCUT2D eigenvalue weighted by Crippen LogP contribution is -1.92. The normalized spacial score (nSPS) is 11.6. The Labute approximate surface area is 113 Å². The molecule has 0 saturated heterocycles. The lowest BCUT2D eigenvalue weighted by molar-refractivity contribution is 0.112. The van der Waals surface area contributed by atoms with Crippen LogP contribution in [0.2, 0.25) is 5.28 Å². The molecule has 3 aromatic rings. The molecule has 5 nitrogen and oxygen atoms in total. The van der Waals surface area contributed by atoms with E-state index in [1.165, 1.54) is 0 Å². The fraction of sp³-hybridized carbons (Fsp3) is 0.231. The van der Waals surface area contributed by atoms with Gasteiger partial charge in [-0.25, -0.2) is 9.97 Å². The second-order valence-electron chi connectivity index (χ2n) is 4.59. The lowest BCUT2D eigenvalue weighted by Gasteiger charge is -2.03. The molecule has 0 saturated carbocycles. The Kier molecular flexibility index (Phi) is 2.71. The second kappa shape index (κ2) is 4.28. The SMILES string of the molecule is CC(C)c1noc2c(C=O)cc3cnc(Cl)nc3c12. The average Bonchev–Trinajstić information content (AvgIpc) is 2.83. The van der Waals surface area contributed by atoms with Gasteiger partial charge in [-0.2, -0.15) is 0 Å². The van der Waals surface area contributed by atoms with Gasteiger partial charge >= 0.3 is 0 Å². The summed E-state index contributed by atoms with van der Waals surface area (Å²) in [5, 5.41) is 5.68. The van der Waals surface area contributed by atoms with Gasteiger partial charge in [0.05, 0.1) is 22.2 Å². The summed E-state index contributed by atoms with van der Waals surface area (Å²) in [5.41, 5.74) is 2.30. The smallest absolute Gasteiger partial charge is 0.222 e. The summed E-state index contributed by atoms with van der Waals surface area (Å²) in [4.78, 5) is 19.3. The fourth-order valence-electron chi connectivity index (χ4n) is 2.12. The van der Waals surface area contributed by atoms with Crippen LogP contribution in [-0.4, -0.2) is 21.4 Å². The van der Waals surface area contributed by atoms with E-state index in [2.05, 4.69) is 15.1 Å². The van der Waals surface area contributed by atoms with Crippen LogP contribution in [0.5, 0.6) is 0 Å². The standard InChI is InChI=1S/C13H10ClN3O2/c1-6(2)10-9-11-7(4-15-13(14)16-11)3-8(5-18)12(9)19-17-10/h3-6H,1-2H3. The number of hydrogen-bond donors (Lipinski definition) is 0. The largest absolute Gasteiger partial charge is 0.355 e. The van der Waals surface area contributed by atoms with Crippen LogP contribution in [0.15, 0.2) is 16.8 Å². The van der Waals surface area contributed by atoms with Gasteiger partial charge in [0, 0.05) is 11.6 Å². The van der Waals surface area contributed by atoms with Gasteiger partial charge in [-0.3, -0.25) is 4.79 Å². The molecule has 96 valence electrons. The van der Waals surface area contributed by atoms with Crippen molar-refractivity contribution in [2.45, 2.75) is 19.8 Å². The van der Waals surface area contributed by atoms with Crippen molar-refractivity contribution >= 4 is 39.8 Å². The summed E-state index contributed by atoms with van der Waals surface area (Å²) in [7, 11) is 0. The third-order valence-electron chi connectivity index (χ3n) is 2.99. The van der Waals surface area contributed by atoms with Crippen molar-refractivity contribution in [2.24, 2.45) is 0 Å². The molecule has 0 spiro atoms. The lowest BCUT2D eigenvalue weighted by atomic mass is 10.0. The molecular weight excluding hydrogens is 266 g/mol. The van der Waals surface area contributed by atoms with Crippen LogP contribution in [0.3, 0.4) is 0 Å². The second-order valence-corrected chi connectivity index (χ2v) is 4.93. The monoisotopic (exact) mass is 275 g/mol. The van der Waals surface area contributed by atoms with E-state index >= 15 is 0 Å². The van der Waals surface area contributed by atoms with Crippen molar-refractivity contribution in [3.05, 3.63) is 28.8 Å². The Morgan fingerprint density at radius 3 is 2.89 bits per heavy atom. The highest BCUT2D eigenvalue weighted by Gasteiger charge is 2.19. The van der Waals surface area contributed by atoms with Crippen LogP contribution in [0.1, 0.15) is 35.8 Å². The Morgan fingerprint density at radius 2 is 2.21 bits per heavy atom. The number of carbonyl (C=O) groups excluding carboxylic acids is 1. The molecule has 3 rings (SSSR count). The van der Waals surface area contributed by atoms with Crippen LogP contribution < -0.4 is 0 Å². The van der Waals surface area contributed by atoms with Gasteiger partial charge in [-0.15, -0.1) is 0 Å². The van der Waals surface area contributed by atoms with Crippen molar-refractivity contribution in [1.82, 2.24) is 15.1 Å². The molecule has 2 aromatic heterocycles. The van der Waals surface area contributed by atoms with E-state index in [1.807, 2.05) is 13.8 Å². The number of aromatic nitrogens is 3. The van der Waals surface area contributed by atoms with Gasteiger partial charge < -0.3 is 4.52 Å². The summed E-state index contributed by atoms with van der Waals surface area (Å²) < 4.78 is 5.30. The van der Waals surface area contributed by atoms with Crippen molar-refractivity contribution in [2.75, 3.05) is 0 Å². The minimum atomic E-state index is 0.153. The average molecular weight is 276 g/mol. The zero-order valence-corrected chi connectivity index (χ0v) is 11.1. The third-order valence-corrected chi connectivity index (χ3v) is 3.17. The highest BCUT2D eigenvalue weighted by molar-refractivity contribution is 6.29. The van der Waals surface area contributed by atoms with Crippen LogP contribution in [0, 0.1) is 0 Å². The van der Waals surface area contributed by atoms with E-state index in [0.717, 1.165) is 22.8 Å². The molecule has 0 amide bonds. The number of benzene rings is 1. The molecule has 0 fully saturated rings. The molecule has 0 aliphatic heterocycles. The van der Waals surface area contributed by atoms with Crippen LogP contribution in [0.25, 0.3) is 21.9 Å². The highest BCUT2D eigenvalue weighted by atomic mass is 35.5. The van der Waals surface area contributed by atoms with Gasteiger partial charge in [0.1, 0.15) is 0 Å². The maximum Gasteiger partial charge on any atom is 0.222 e. The van der Waals surface area contributed by atoms with Gasteiger partial charge in [0.15, 0.2) is 11.9 Å².